The highest BCUT2D eigenvalue weighted by Crippen LogP contribution is 2.40. The molecule has 2 rings (SSSR count). The highest BCUT2D eigenvalue weighted by atomic mass is 16.5. The fraction of sp³-hybridized carbons (Fsp3) is 0.545. The van der Waals surface area contributed by atoms with Crippen LogP contribution < -0.4 is 0 Å². The molecule has 1 N–H and O–H groups in total. The minimum absolute atomic E-state index is 0.150. The summed E-state index contributed by atoms with van der Waals surface area (Å²) >= 11 is 0. The van der Waals surface area contributed by atoms with E-state index in [2.05, 4.69) is 9.89 Å². The van der Waals surface area contributed by atoms with Crippen LogP contribution in [0.15, 0.2) is 10.7 Å². The number of esters is 1. The molecule has 92 valence electrons. The maximum Gasteiger partial charge on any atom is 0.310 e. The number of rotatable bonds is 2. The largest absolute Gasteiger partial charge is 0.481 e. The van der Waals surface area contributed by atoms with Gasteiger partial charge in [0, 0.05) is 12.0 Å². The number of aliphatic carboxylic acids is 1. The number of carbonyl (C=O) groups is 2. The zero-order valence-corrected chi connectivity index (χ0v) is 9.60. The van der Waals surface area contributed by atoms with Gasteiger partial charge in [0.25, 0.3) is 0 Å². The number of carboxylic acids is 1. The molecule has 0 aromatic carbocycles. The normalized spacial score (nSPS) is 27.3. The molecule has 0 spiro atoms. The Hall–Kier alpha value is -1.85. The van der Waals surface area contributed by atoms with Gasteiger partial charge in [-0.05, 0) is 13.3 Å². The molecule has 6 heteroatoms. The molecule has 17 heavy (non-hydrogen) atoms. The van der Waals surface area contributed by atoms with Gasteiger partial charge in [0.1, 0.15) is 5.76 Å². The van der Waals surface area contributed by atoms with Crippen molar-refractivity contribution >= 4 is 11.9 Å². The molecule has 0 amide bonds. The van der Waals surface area contributed by atoms with Crippen molar-refractivity contribution < 1.29 is 24.0 Å². The minimum atomic E-state index is -1.21. The molecule has 1 aliphatic rings. The van der Waals surface area contributed by atoms with Crippen LogP contribution in [0.25, 0.3) is 0 Å². The van der Waals surface area contributed by atoms with Crippen LogP contribution in [0.3, 0.4) is 0 Å². The Morgan fingerprint density at radius 1 is 1.65 bits per heavy atom. The van der Waals surface area contributed by atoms with Gasteiger partial charge in [-0.2, -0.15) is 0 Å². The van der Waals surface area contributed by atoms with Crippen LogP contribution >= 0.6 is 0 Å². The molecular formula is C11H13NO5. The molecule has 1 heterocycles. The smallest absolute Gasteiger partial charge is 0.310 e. The van der Waals surface area contributed by atoms with Gasteiger partial charge in [-0.3, -0.25) is 9.59 Å². The molecule has 0 saturated carbocycles. The number of carbonyl (C=O) groups excluding carboxylic acids is 1. The van der Waals surface area contributed by atoms with Gasteiger partial charge < -0.3 is 14.4 Å². The minimum Gasteiger partial charge on any atom is -0.481 e. The average Bonchev–Trinajstić information content (AvgIpc) is 2.73. The molecule has 2 atom stereocenters. The summed E-state index contributed by atoms with van der Waals surface area (Å²) in [6, 6.07) is 0. The standard InChI is InChI=1S/C11H13NO5/c1-11(10(14)15)4-8-6(5-12-17-8)3-7(11)9(13)16-2/h5,7H,3-4H2,1-2H3,(H,14,15)/t7-,11-/m1/s1. The van der Waals surface area contributed by atoms with Crippen LogP contribution in [-0.2, 0) is 27.2 Å². The van der Waals surface area contributed by atoms with E-state index in [1.54, 1.807) is 0 Å². The van der Waals surface area contributed by atoms with E-state index >= 15 is 0 Å². The highest BCUT2D eigenvalue weighted by molar-refractivity contribution is 5.85. The van der Waals surface area contributed by atoms with Crippen molar-refractivity contribution in [3.05, 3.63) is 17.5 Å². The van der Waals surface area contributed by atoms with Crippen molar-refractivity contribution in [2.24, 2.45) is 11.3 Å². The Labute approximate surface area is 97.5 Å². The number of methoxy groups -OCH3 is 1. The van der Waals surface area contributed by atoms with Gasteiger partial charge in [-0.15, -0.1) is 0 Å². The summed E-state index contributed by atoms with van der Waals surface area (Å²) < 4.78 is 9.67. The van der Waals surface area contributed by atoms with E-state index in [4.69, 9.17) is 4.52 Å². The van der Waals surface area contributed by atoms with Crippen molar-refractivity contribution in [2.75, 3.05) is 7.11 Å². The fourth-order valence-corrected chi connectivity index (χ4v) is 2.21. The summed E-state index contributed by atoms with van der Waals surface area (Å²) in [5.41, 5.74) is -0.432. The Balaban J connectivity index is 2.43. The fourth-order valence-electron chi connectivity index (χ4n) is 2.21. The summed E-state index contributed by atoms with van der Waals surface area (Å²) in [5, 5.41) is 12.9. The van der Waals surface area contributed by atoms with Gasteiger partial charge in [-0.25, -0.2) is 0 Å². The number of hydrogen-bond donors (Lipinski definition) is 1. The Bertz CT molecular complexity index is 466. The van der Waals surface area contributed by atoms with Crippen LogP contribution in [0.4, 0.5) is 0 Å². The van der Waals surface area contributed by atoms with Crippen molar-refractivity contribution in [3.63, 3.8) is 0 Å². The van der Waals surface area contributed by atoms with E-state index in [1.807, 2.05) is 0 Å². The first-order chi connectivity index (χ1) is 7.99. The third-order valence-corrected chi connectivity index (χ3v) is 3.42. The van der Waals surface area contributed by atoms with Crippen LogP contribution in [0.2, 0.25) is 0 Å². The average molecular weight is 239 g/mol. The second kappa shape index (κ2) is 3.87. The number of ether oxygens (including phenoxy) is 1. The zero-order chi connectivity index (χ0) is 12.6. The van der Waals surface area contributed by atoms with Crippen LogP contribution in [0, 0.1) is 11.3 Å². The Kier molecular flexibility index (Phi) is 2.65. The summed E-state index contributed by atoms with van der Waals surface area (Å²) in [4.78, 5) is 23.1. The van der Waals surface area contributed by atoms with E-state index in [9.17, 15) is 14.7 Å². The molecule has 6 nitrogen and oxygen atoms in total. The van der Waals surface area contributed by atoms with Crippen LogP contribution in [0.5, 0.6) is 0 Å². The van der Waals surface area contributed by atoms with E-state index < -0.39 is 23.3 Å². The predicted molar refractivity (Wildman–Crippen MR) is 55.2 cm³/mol. The summed E-state index contributed by atoms with van der Waals surface area (Å²) in [7, 11) is 1.26. The van der Waals surface area contributed by atoms with Crippen LogP contribution in [0.1, 0.15) is 18.2 Å². The van der Waals surface area contributed by atoms with Crippen molar-refractivity contribution in [1.29, 1.82) is 0 Å². The number of aromatic nitrogens is 1. The van der Waals surface area contributed by atoms with Gasteiger partial charge in [-0.1, -0.05) is 5.16 Å². The van der Waals surface area contributed by atoms with Gasteiger partial charge in [0.15, 0.2) is 0 Å². The molecule has 0 saturated heterocycles. The molecule has 0 fully saturated rings. The third-order valence-electron chi connectivity index (χ3n) is 3.42. The molecule has 1 aromatic heterocycles. The van der Waals surface area contributed by atoms with Crippen LogP contribution in [-0.4, -0.2) is 29.3 Å². The molecule has 0 unspecified atom stereocenters. The SMILES string of the molecule is COC(=O)[C@H]1Cc2cnoc2C[C@@]1(C)C(=O)O. The predicted octanol–water partition coefficient (Wildman–Crippen LogP) is 0.653. The molecular weight excluding hydrogens is 226 g/mol. The van der Waals surface area contributed by atoms with Crippen molar-refractivity contribution in [3.8, 4) is 0 Å². The van der Waals surface area contributed by atoms with Crippen molar-refractivity contribution in [2.45, 2.75) is 19.8 Å². The second-order valence-electron chi connectivity index (χ2n) is 4.45. The third kappa shape index (κ3) is 1.69. The van der Waals surface area contributed by atoms with Gasteiger partial charge in [0.05, 0.1) is 24.6 Å². The Morgan fingerprint density at radius 3 is 2.94 bits per heavy atom. The zero-order valence-electron chi connectivity index (χ0n) is 9.60. The van der Waals surface area contributed by atoms with E-state index in [1.165, 1.54) is 20.2 Å². The number of carboxylic acid groups (broad SMARTS) is 1. The number of nitrogens with zero attached hydrogens (tertiary/aromatic N) is 1. The number of hydrogen-bond acceptors (Lipinski definition) is 5. The van der Waals surface area contributed by atoms with Gasteiger partial charge >= 0.3 is 11.9 Å². The highest BCUT2D eigenvalue weighted by Gasteiger charge is 2.50. The molecule has 0 bridgehead atoms. The first kappa shape index (κ1) is 11.6. The molecule has 1 aromatic rings. The van der Waals surface area contributed by atoms with E-state index in [0.29, 0.717) is 5.76 Å². The first-order valence-electron chi connectivity index (χ1n) is 5.22. The summed E-state index contributed by atoms with van der Waals surface area (Å²) in [5.74, 6) is -1.72. The lowest BCUT2D eigenvalue weighted by atomic mass is 9.67. The quantitative estimate of drug-likeness (QED) is 0.762. The van der Waals surface area contributed by atoms with Crippen molar-refractivity contribution in [1.82, 2.24) is 5.16 Å². The summed E-state index contributed by atoms with van der Waals surface area (Å²) in [6.45, 7) is 1.53. The molecule has 0 radical (unpaired) electrons. The Morgan fingerprint density at radius 2 is 2.35 bits per heavy atom. The van der Waals surface area contributed by atoms with Gasteiger partial charge in [0.2, 0.25) is 0 Å². The molecule has 1 aliphatic carbocycles. The number of fused-ring (bicyclic) bond motifs is 1. The topological polar surface area (TPSA) is 89.6 Å². The maximum atomic E-state index is 11.7. The lowest BCUT2D eigenvalue weighted by Crippen LogP contribution is -2.46. The van der Waals surface area contributed by atoms with E-state index in [-0.39, 0.29) is 12.8 Å². The summed E-state index contributed by atoms with van der Waals surface area (Å²) in [6.07, 6.45) is 1.96. The second-order valence-corrected chi connectivity index (χ2v) is 4.45. The molecule has 0 aliphatic heterocycles. The maximum absolute atomic E-state index is 11.7. The first-order valence-corrected chi connectivity index (χ1v) is 5.22. The lowest BCUT2D eigenvalue weighted by Gasteiger charge is -2.34. The monoisotopic (exact) mass is 239 g/mol. The lowest BCUT2D eigenvalue weighted by molar-refractivity contribution is -0.164. The van der Waals surface area contributed by atoms with E-state index in [0.717, 1.165) is 5.56 Å².